The number of nitrogens with zero attached hydrogens (tertiary/aromatic N) is 2. The molecule has 0 aliphatic heterocycles. The van der Waals surface area contributed by atoms with Crippen LogP contribution in [0.2, 0.25) is 0 Å². The second-order valence-electron chi connectivity index (χ2n) is 5.84. The molecule has 0 unspecified atom stereocenters. The van der Waals surface area contributed by atoms with Crippen LogP contribution in [-0.2, 0) is 11.8 Å². The molecule has 0 aliphatic rings. The molecule has 1 amide bonds. The Bertz CT molecular complexity index is 782. The van der Waals surface area contributed by atoms with E-state index in [-0.39, 0.29) is 12.5 Å². The number of thiocarbonyl (C=S) groups is 1. The highest BCUT2D eigenvalue weighted by Crippen LogP contribution is 2.18. The predicted octanol–water partition coefficient (Wildman–Crippen LogP) is 2.58. The van der Waals surface area contributed by atoms with E-state index in [1.165, 1.54) is 0 Å². The van der Waals surface area contributed by atoms with Crippen molar-refractivity contribution in [2.75, 3.05) is 17.2 Å². The van der Waals surface area contributed by atoms with Gasteiger partial charge in [0.2, 0.25) is 5.91 Å². The van der Waals surface area contributed by atoms with Gasteiger partial charge in [-0.1, -0.05) is 12.1 Å². The summed E-state index contributed by atoms with van der Waals surface area (Å²) >= 11 is 5.26. The van der Waals surface area contributed by atoms with E-state index in [0.717, 1.165) is 33.9 Å². The van der Waals surface area contributed by atoms with Crippen molar-refractivity contribution in [3.8, 4) is 0 Å². The number of amides is 1. The molecule has 1 aromatic carbocycles. The molecule has 0 atom stereocenters. The number of hydrogen-bond acceptors (Lipinski definition) is 3. The van der Waals surface area contributed by atoms with Gasteiger partial charge in [-0.05, 0) is 57.1 Å². The monoisotopic (exact) mass is 345 g/mol. The zero-order valence-electron chi connectivity index (χ0n) is 14.7. The molecule has 0 saturated heterocycles. The Morgan fingerprint density at radius 1 is 1.21 bits per heavy atom. The Morgan fingerprint density at radius 2 is 1.92 bits per heavy atom. The number of aryl methyl sites for hydroxylation is 4. The third kappa shape index (κ3) is 4.32. The molecule has 128 valence electrons. The third-order valence-electron chi connectivity index (χ3n) is 3.82. The van der Waals surface area contributed by atoms with Crippen LogP contribution in [0.5, 0.6) is 0 Å². The Morgan fingerprint density at radius 3 is 2.54 bits per heavy atom. The fourth-order valence-electron chi connectivity index (χ4n) is 2.34. The van der Waals surface area contributed by atoms with Crippen LogP contribution in [0.15, 0.2) is 18.2 Å². The molecule has 1 aromatic heterocycles. The maximum absolute atomic E-state index is 12.1. The minimum atomic E-state index is -0.167. The first-order chi connectivity index (χ1) is 11.3. The maximum Gasteiger partial charge on any atom is 0.243 e. The zero-order chi connectivity index (χ0) is 17.9. The van der Waals surface area contributed by atoms with Crippen molar-refractivity contribution in [1.29, 1.82) is 0 Å². The van der Waals surface area contributed by atoms with Gasteiger partial charge in [-0.2, -0.15) is 5.10 Å². The topological polar surface area (TPSA) is 71.0 Å². The van der Waals surface area contributed by atoms with E-state index in [9.17, 15) is 4.79 Å². The highest BCUT2D eigenvalue weighted by molar-refractivity contribution is 7.80. The minimum Gasteiger partial charge on any atom is -0.353 e. The SMILES string of the molecule is Cc1ccc(C)c(NC(=S)NCC(=O)Nc2c(C)nn(C)c2C)c1. The van der Waals surface area contributed by atoms with E-state index in [0.29, 0.717) is 5.11 Å². The molecule has 24 heavy (non-hydrogen) atoms. The minimum absolute atomic E-state index is 0.0878. The number of benzene rings is 1. The summed E-state index contributed by atoms with van der Waals surface area (Å²) in [5, 5.41) is 13.6. The average molecular weight is 345 g/mol. The molecule has 2 aromatic rings. The lowest BCUT2D eigenvalue weighted by atomic mass is 10.1. The standard InChI is InChI=1S/C17H23N5OS/c1-10-6-7-11(2)14(8-10)19-17(24)18-9-15(23)20-16-12(3)21-22(5)13(16)4/h6-8H,9H2,1-5H3,(H,20,23)(H2,18,19,24). The number of carbonyl (C=O) groups excluding carboxylic acids is 1. The number of hydrogen-bond donors (Lipinski definition) is 3. The van der Waals surface area contributed by atoms with Gasteiger partial charge < -0.3 is 16.0 Å². The van der Waals surface area contributed by atoms with Gasteiger partial charge in [0.15, 0.2) is 5.11 Å². The van der Waals surface area contributed by atoms with E-state index in [4.69, 9.17) is 12.2 Å². The van der Waals surface area contributed by atoms with Gasteiger partial charge >= 0.3 is 0 Å². The van der Waals surface area contributed by atoms with Crippen molar-refractivity contribution in [2.45, 2.75) is 27.7 Å². The Labute approximate surface area is 147 Å². The van der Waals surface area contributed by atoms with Crippen LogP contribution < -0.4 is 16.0 Å². The number of carbonyl (C=O) groups is 1. The molecule has 0 bridgehead atoms. The lowest BCUT2D eigenvalue weighted by molar-refractivity contribution is -0.115. The molecule has 0 saturated carbocycles. The summed E-state index contributed by atoms with van der Waals surface area (Å²) in [5.74, 6) is -0.167. The molecular formula is C17H23N5OS. The molecule has 3 N–H and O–H groups in total. The second-order valence-corrected chi connectivity index (χ2v) is 6.25. The highest BCUT2D eigenvalue weighted by Gasteiger charge is 2.12. The van der Waals surface area contributed by atoms with Gasteiger partial charge in [0.1, 0.15) is 0 Å². The van der Waals surface area contributed by atoms with E-state index < -0.39 is 0 Å². The van der Waals surface area contributed by atoms with Crippen LogP contribution in [0.1, 0.15) is 22.5 Å². The summed E-state index contributed by atoms with van der Waals surface area (Å²) in [6.45, 7) is 7.89. The number of aromatic nitrogens is 2. The molecule has 0 aliphatic carbocycles. The number of nitrogens with one attached hydrogen (secondary N) is 3. The van der Waals surface area contributed by atoms with Crippen molar-refractivity contribution in [3.63, 3.8) is 0 Å². The average Bonchev–Trinajstić information content (AvgIpc) is 2.75. The van der Waals surface area contributed by atoms with E-state index >= 15 is 0 Å². The van der Waals surface area contributed by atoms with Crippen LogP contribution in [0.3, 0.4) is 0 Å². The normalized spacial score (nSPS) is 10.4. The Hall–Kier alpha value is -2.41. The summed E-state index contributed by atoms with van der Waals surface area (Å²) in [6, 6.07) is 6.09. The summed E-state index contributed by atoms with van der Waals surface area (Å²) < 4.78 is 1.74. The van der Waals surface area contributed by atoms with Gasteiger partial charge in [-0.15, -0.1) is 0 Å². The number of rotatable bonds is 4. The summed E-state index contributed by atoms with van der Waals surface area (Å²) in [4.78, 5) is 12.1. The van der Waals surface area contributed by atoms with Gasteiger partial charge in [-0.3, -0.25) is 9.48 Å². The van der Waals surface area contributed by atoms with Crippen LogP contribution in [0.25, 0.3) is 0 Å². The second kappa shape index (κ2) is 7.44. The largest absolute Gasteiger partial charge is 0.353 e. The van der Waals surface area contributed by atoms with Crippen molar-refractivity contribution in [2.24, 2.45) is 7.05 Å². The molecule has 7 heteroatoms. The van der Waals surface area contributed by atoms with Crippen molar-refractivity contribution in [3.05, 3.63) is 40.7 Å². The van der Waals surface area contributed by atoms with E-state index in [2.05, 4.69) is 21.0 Å². The molecule has 0 spiro atoms. The fraction of sp³-hybridized carbons (Fsp3) is 0.353. The molecule has 2 rings (SSSR count). The first-order valence-corrected chi connectivity index (χ1v) is 8.11. The molecule has 0 radical (unpaired) electrons. The van der Waals surface area contributed by atoms with Gasteiger partial charge in [0.05, 0.1) is 23.6 Å². The fourth-order valence-corrected chi connectivity index (χ4v) is 2.52. The van der Waals surface area contributed by atoms with E-state index in [1.807, 2.05) is 52.9 Å². The van der Waals surface area contributed by atoms with Crippen molar-refractivity contribution < 1.29 is 4.79 Å². The lowest BCUT2D eigenvalue weighted by Crippen LogP contribution is -2.35. The lowest BCUT2D eigenvalue weighted by Gasteiger charge is -2.13. The van der Waals surface area contributed by atoms with Gasteiger partial charge in [0, 0.05) is 12.7 Å². The van der Waals surface area contributed by atoms with Crippen LogP contribution in [0, 0.1) is 27.7 Å². The Balaban J connectivity index is 1.89. The molecule has 0 fully saturated rings. The smallest absolute Gasteiger partial charge is 0.243 e. The third-order valence-corrected chi connectivity index (χ3v) is 4.07. The van der Waals surface area contributed by atoms with Gasteiger partial charge in [-0.25, -0.2) is 0 Å². The van der Waals surface area contributed by atoms with Crippen LogP contribution >= 0.6 is 12.2 Å². The first kappa shape index (κ1) is 17.9. The summed E-state index contributed by atoms with van der Waals surface area (Å²) in [5.41, 5.74) is 5.63. The van der Waals surface area contributed by atoms with Crippen molar-refractivity contribution in [1.82, 2.24) is 15.1 Å². The van der Waals surface area contributed by atoms with Crippen molar-refractivity contribution >= 4 is 34.6 Å². The van der Waals surface area contributed by atoms with Crippen LogP contribution in [-0.4, -0.2) is 27.3 Å². The van der Waals surface area contributed by atoms with Gasteiger partial charge in [0.25, 0.3) is 0 Å². The summed E-state index contributed by atoms with van der Waals surface area (Å²) in [7, 11) is 1.85. The first-order valence-electron chi connectivity index (χ1n) is 7.70. The predicted molar refractivity (Wildman–Crippen MR) is 101 cm³/mol. The Kier molecular flexibility index (Phi) is 5.56. The van der Waals surface area contributed by atoms with E-state index in [1.54, 1.807) is 4.68 Å². The number of anilines is 2. The molecular weight excluding hydrogens is 322 g/mol. The van der Waals surface area contributed by atoms with Crippen LogP contribution in [0.4, 0.5) is 11.4 Å². The summed E-state index contributed by atoms with van der Waals surface area (Å²) in [6.07, 6.45) is 0. The zero-order valence-corrected chi connectivity index (χ0v) is 15.5. The highest BCUT2D eigenvalue weighted by atomic mass is 32.1. The molecule has 1 heterocycles. The maximum atomic E-state index is 12.1. The quantitative estimate of drug-likeness (QED) is 0.743. The molecule has 6 nitrogen and oxygen atoms in total.